The van der Waals surface area contributed by atoms with E-state index in [1.807, 2.05) is 28.8 Å². The summed E-state index contributed by atoms with van der Waals surface area (Å²) in [5.74, 6) is -0.00438. The van der Waals surface area contributed by atoms with E-state index < -0.39 is 11.6 Å². The zero-order chi connectivity index (χ0) is 18.7. The molecule has 2 heterocycles. The summed E-state index contributed by atoms with van der Waals surface area (Å²) in [4.78, 5) is 12.5. The third-order valence-corrected chi connectivity index (χ3v) is 4.16. The number of nitrogens with zero attached hydrogens (tertiary/aromatic N) is 2. The number of pyridine rings is 1. The Morgan fingerprint density at radius 3 is 2.65 bits per heavy atom. The molecule has 0 unspecified atom stereocenters. The molecule has 0 aliphatic heterocycles. The van der Waals surface area contributed by atoms with Gasteiger partial charge in [0.05, 0.1) is 11.1 Å². The third kappa shape index (κ3) is 3.66. The van der Waals surface area contributed by atoms with Crippen molar-refractivity contribution in [2.24, 2.45) is 0 Å². The number of aromatic nitrogens is 1. The maximum Gasteiger partial charge on any atom is 0.350 e. The summed E-state index contributed by atoms with van der Waals surface area (Å²) in [5.41, 5.74) is 0.738. The molecule has 3 aromatic rings. The van der Waals surface area contributed by atoms with Gasteiger partial charge in [0.2, 0.25) is 0 Å². The maximum absolute atomic E-state index is 12.5. The lowest BCUT2D eigenvalue weighted by Crippen LogP contribution is -2.39. The van der Waals surface area contributed by atoms with Gasteiger partial charge in [0.1, 0.15) is 18.4 Å². The molecule has 3 rings (SSSR count). The predicted molar refractivity (Wildman–Crippen MR) is 98.1 cm³/mol. The number of halogens is 1. The Kier molecular flexibility index (Phi) is 4.88. The number of carbonyl (C=O) groups is 1. The molecule has 0 amide bonds. The second-order valence-electron chi connectivity index (χ2n) is 6.28. The molecule has 5 nitrogen and oxygen atoms in total. The van der Waals surface area contributed by atoms with Gasteiger partial charge >= 0.3 is 5.97 Å². The van der Waals surface area contributed by atoms with Gasteiger partial charge in [0.15, 0.2) is 5.60 Å². The largest absolute Gasteiger partial charge is 0.476 e. The second-order valence-corrected chi connectivity index (χ2v) is 6.71. The van der Waals surface area contributed by atoms with E-state index in [9.17, 15) is 10.1 Å². The van der Waals surface area contributed by atoms with Crippen LogP contribution < -0.4 is 4.74 Å². The Labute approximate surface area is 156 Å². The van der Waals surface area contributed by atoms with Crippen LogP contribution in [0, 0.1) is 11.3 Å². The van der Waals surface area contributed by atoms with Gasteiger partial charge in [-0.1, -0.05) is 17.7 Å². The highest BCUT2D eigenvalue weighted by molar-refractivity contribution is 6.30. The molecule has 0 atom stereocenters. The lowest BCUT2D eigenvalue weighted by atomic mass is 10.1. The number of benzene rings is 1. The van der Waals surface area contributed by atoms with E-state index in [1.165, 1.54) is 0 Å². The predicted octanol–water partition coefficient (Wildman–Crippen LogP) is 4.37. The van der Waals surface area contributed by atoms with Crippen molar-refractivity contribution in [3.63, 3.8) is 0 Å². The fraction of sp³-hybridized carbons (Fsp3) is 0.200. The molecule has 0 saturated heterocycles. The molecule has 0 aliphatic carbocycles. The first-order valence-corrected chi connectivity index (χ1v) is 8.39. The van der Waals surface area contributed by atoms with E-state index >= 15 is 0 Å². The van der Waals surface area contributed by atoms with E-state index in [2.05, 4.69) is 6.07 Å². The Morgan fingerprint density at radius 2 is 1.96 bits per heavy atom. The van der Waals surface area contributed by atoms with Crippen molar-refractivity contribution < 1.29 is 14.3 Å². The number of fused-ring (bicyclic) bond motifs is 1. The van der Waals surface area contributed by atoms with Crippen LogP contribution in [0.4, 0.5) is 0 Å². The Balaban J connectivity index is 1.72. The minimum absolute atomic E-state index is 0.00316. The zero-order valence-corrected chi connectivity index (χ0v) is 15.2. The van der Waals surface area contributed by atoms with Crippen LogP contribution in [-0.4, -0.2) is 16.0 Å². The van der Waals surface area contributed by atoms with Gasteiger partial charge in [-0.2, -0.15) is 5.26 Å². The standard InChI is InChI=1S/C20H17ClN2O3/c1-20(2,26-16-8-6-15(21)7-9-16)19(24)25-13-14-12-23-10-4-3-5-18(23)17(14)11-22/h3-10,12H,13H2,1-2H3. The summed E-state index contributed by atoms with van der Waals surface area (Å²) in [6.07, 6.45) is 3.63. The molecule has 0 aliphatic rings. The summed E-state index contributed by atoms with van der Waals surface area (Å²) in [6.45, 7) is 3.26. The molecule has 1 aromatic carbocycles. The van der Waals surface area contributed by atoms with Crippen LogP contribution >= 0.6 is 11.6 Å². The van der Waals surface area contributed by atoms with Crippen LogP contribution in [0.3, 0.4) is 0 Å². The Hall–Kier alpha value is -2.97. The van der Waals surface area contributed by atoms with E-state index in [1.54, 1.807) is 44.3 Å². The first-order valence-electron chi connectivity index (χ1n) is 8.01. The van der Waals surface area contributed by atoms with Crippen LogP contribution in [0.2, 0.25) is 5.02 Å². The molecule has 6 heteroatoms. The second kappa shape index (κ2) is 7.11. The normalized spacial score (nSPS) is 11.2. The summed E-state index contributed by atoms with van der Waals surface area (Å²) in [6, 6.07) is 14.5. The number of esters is 1. The molecule has 0 spiro atoms. The fourth-order valence-electron chi connectivity index (χ4n) is 2.57. The molecule has 132 valence electrons. The van der Waals surface area contributed by atoms with Gasteiger partial charge in [-0.05, 0) is 50.2 Å². The number of hydrogen-bond acceptors (Lipinski definition) is 4. The monoisotopic (exact) mass is 368 g/mol. The molecule has 0 N–H and O–H groups in total. The topological polar surface area (TPSA) is 63.7 Å². The average Bonchev–Trinajstić information content (AvgIpc) is 2.98. The van der Waals surface area contributed by atoms with Gasteiger partial charge in [-0.3, -0.25) is 0 Å². The molecule has 0 radical (unpaired) electrons. The molecule has 0 fully saturated rings. The minimum atomic E-state index is -1.18. The number of nitriles is 1. The average molecular weight is 369 g/mol. The summed E-state index contributed by atoms with van der Waals surface area (Å²) >= 11 is 5.85. The van der Waals surface area contributed by atoms with Crippen molar-refractivity contribution in [1.82, 2.24) is 4.40 Å². The van der Waals surface area contributed by atoms with Crippen molar-refractivity contribution >= 4 is 23.1 Å². The van der Waals surface area contributed by atoms with Crippen LogP contribution in [0.5, 0.6) is 5.75 Å². The smallest absolute Gasteiger partial charge is 0.350 e. The molecule has 2 aromatic heterocycles. The van der Waals surface area contributed by atoms with Crippen LogP contribution in [0.25, 0.3) is 5.52 Å². The van der Waals surface area contributed by atoms with Gasteiger partial charge in [-0.25, -0.2) is 4.79 Å². The van der Waals surface area contributed by atoms with Crippen LogP contribution in [0.1, 0.15) is 25.0 Å². The summed E-state index contributed by atoms with van der Waals surface area (Å²) < 4.78 is 13.0. The van der Waals surface area contributed by atoms with Gasteiger partial charge in [-0.15, -0.1) is 0 Å². The number of ether oxygens (including phenoxy) is 2. The van der Waals surface area contributed by atoms with Crippen LogP contribution in [-0.2, 0) is 16.1 Å². The van der Waals surface area contributed by atoms with Gasteiger partial charge in [0.25, 0.3) is 0 Å². The van der Waals surface area contributed by atoms with Crippen molar-refractivity contribution in [2.45, 2.75) is 26.1 Å². The fourth-order valence-corrected chi connectivity index (χ4v) is 2.70. The molecule has 0 bridgehead atoms. The lowest BCUT2D eigenvalue weighted by molar-refractivity contribution is -0.160. The third-order valence-electron chi connectivity index (χ3n) is 3.91. The number of rotatable bonds is 5. The van der Waals surface area contributed by atoms with Crippen LogP contribution in [0.15, 0.2) is 54.9 Å². The van der Waals surface area contributed by atoms with Crippen molar-refractivity contribution in [1.29, 1.82) is 5.26 Å². The Morgan fingerprint density at radius 1 is 1.23 bits per heavy atom. The molecule has 26 heavy (non-hydrogen) atoms. The first kappa shape index (κ1) is 17.8. The summed E-state index contributed by atoms with van der Waals surface area (Å²) in [5, 5.41) is 9.99. The van der Waals surface area contributed by atoms with E-state index in [4.69, 9.17) is 21.1 Å². The highest BCUT2D eigenvalue weighted by Crippen LogP contribution is 2.23. The zero-order valence-electron chi connectivity index (χ0n) is 14.4. The van der Waals surface area contributed by atoms with Crippen molar-refractivity contribution in [3.8, 4) is 11.8 Å². The highest BCUT2D eigenvalue weighted by atomic mass is 35.5. The van der Waals surface area contributed by atoms with E-state index in [0.717, 1.165) is 5.52 Å². The highest BCUT2D eigenvalue weighted by Gasteiger charge is 2.32. The SMILES string of the molecule is CC(C)(Oc1ccc(Cl)cc1)C(=O)OCc1cn2ccccc2c1C#N. The maximum atomic E-state index is 12.5. The number of hydrogen-bond donors (Lipinski definition) is 0. The molecule has 0 saturated carbocycles. The quantitative estimate of drug-likeness (QED) is 0.627. The van der Waals surface area contributed by atoms with E-state index in [-0.39, 0.29) is 6.61 Å². The lowest BCUT2D eigenvalue weighted by Gasteiger charge is -2.24. The van der Waals surface area contributed by atoms with Gasteiger partial charge < -0.3 is 13.9 Å². The first-order chi connectivity index (χ1) is 12.4. The van der Waals surface area contributed by atoms with E-state index in [0.29, 0.717) is 21.9 Å². The number of carbonyl (C=O) groups excluding carboxylic acids is 1. The van der Waals surface area contributed by atoms with Crippen molar-refractivity contribution in [3.05, 3.63) is 71.0 Å². The molecular weight excluding hydrogens is 352 g/mol. The van der Waals surface area contributed by atoms with Gasteiger partial charge in [0, 0.05) is 23.0 Å². The van der Waals surface area contributed by atoms with Crippen molar-refractivity contribution in [2.75, 3.05) is 0 Å². The molecular formula is C20H17ClN2O3. The Bertz CT molecular complexity index is 984. The minimum Gasteiger partial charge on any atom is -0.476 e. The summed E-state index contributed by atoms with van der Waals surface area (Å²) in [7, 11) is 0.